The summed E-state index contributed by atoms with van der Waals surface area (Å²) >= 11 is 1.43. The molecule has 2 aromatic carbocycles. The van der Waals surface area contributed by atoms with E-state index in [2.05, 4.69) is 61.8 Å². The SMILES string of the molecule is CCCN1c2cc(OC)c(/C=C3/SC(=Nc4ccc(N5CCOCC5)cc4)N(CC)C3=O)cc2C(C)CC1(C)C. The first-order chi connectivity index (χ1) is 19.2. The highest BCUT2D eigenvalue weighted by atomic mass is 32.2. The summed E-state index contributed by atoms with van der Waals surface area (Å²) in [6, 6.07) is 12.6. The minimum atomic E-state index is -0.0160. The molecule has 0 saturated carbocycles. The van der Waals surface area contributed by atoms with Gasteiger partial charge in [-0.2, -0.15) is 0 Å². The third kappa shape index (κ3) is 5.61. The van der Waals surface area contributed by atoms with Crippen molar-refractivity contribution in [2.45, 2.75) is 58.9 Å². The van der Waals surface area contributed by atoms with Gasteiger partial charge in [-0.25, -0.2) is 4.99 Å². The van der Waals surface area contributed by atoms with Gasteiger partial charge in [0.2, 0.25) is 0 Å². The van der Waals surface area contributed by atoms with Crippen molar-refractivity contribution in [3.8, 4) is 5.75 Å². The lowest BCUT2D eigenvalue weighted by Crippen LogP contribution is -2.48. The van der Waals surface area contributed by atoms with Gasteiger partial charge in [-0.3, -0.25) is 9.69 Å². The Balaban J connectivity index is 1.44. The number of thioether (sulfide) groups is 1. The van der Waals surface area contributed by atoms with Crippen LogP contribution in [0.25, 0.3) is 6.08 Å². The van der Waals surface area contributed by atoms with E-state index in [-0.39, 0.29) is 11.4 Å². The van der Waals surface area contributed by atoms with E-state index in [1.54, 1.807) is 12.0 Å². The predicted octanol–water partition coefficient (Wildman–Crippen LogP) is 6.66. The van der Waals surface area contributed by atoms with Crippen LogP contribution in [0.15, 0.2) is 46.3 Å². The summed E-state index contributed by atoms with van der Waals surface area (Å²) in [4.78, 5) is 25.6. The largest absolute Gasteiger partial charge is 0.496 e. The van der Waals surface area contributed by atoms with Gasteiger partial charge in [0.05, 0.1) is 30.9 Å². The van der Waals surface area contributed by atoms with Crippen LogP contribution < -0.4 is 14.5 Å². The van der Waals surface area contributed by atoms with Gasteiger partial charge in [-0.05, 0) is 93.3 Å². The number of methoxy groups -OCH3 is 1. The molecule has 2 aromatic rings. The van der Waals surface area contributed by atoms with Gasteiger partial charge in [-0.15, -0.1) is 0 Å². The van der Waals surface area contributed by atoms with Crippen molar-refractivity contribution in [3.05, 3.63) is 52.4 Å². The second-order valence-electron chi connectivity index (χ2n) is 11.4. The first-order valence-corrected chi connectivity index (χ1v) is 15.3. The molecule has 1 unspecified atom stereocenters. The highest BCUT2D eigenvalue weighted by molar-refractivity contribution is 8.18. The van der Waals surface area contributed by atoms with Crippen LogP contribution in [0, 0.1) is 0 Å². The van der Waals surface area contributed by atoms with Gasteiger partial charge in [0, 0.05) is 54.7 Å². The molecule has 3 aliphatic heterocycles. The zero-order chi connectivity index (χ0) is 28.4. The smallest absolute Gasteiger partial charge is 0.266 e. The van der Waals surface area contributed by atoms with Crippen molar-refractivity contribution in [3.63, 3.8) is 0 Å². The molecule has 0 N–H and O–H groups in total. The molecule has 2 fully saturated rings. The maximum absolute atomic E-state index is 13.5. The Labute approximate surface area is 243 Å². The van der Waals surface area contributed by atoms with Crippen LogP contribution in [-0.4, -0.2) is 68.0 Å². The average Bonchev–Trinajstić information content (AvgIpc) is 3.24. The van der Waals surface area contributed by atoms with Crippen molar-refractivity contribution in [2.75, 3.05) is 56.3 Å². The van der Waals surface area contributed by atoms with E-state index in [4.69, 9.17) is 14.5 Å². The van der Waals surface area contributed by atoms with Gasteiger partial charge in [-0.1, -0.05) is 13.8 Å². The number of rotatable bonds is 7. The van der Waals surface area contributed by atoms with Crippen LogP contribution in [0.1, 0.15) is 64.5 Å². The Bertz CT molecular complexity index is 1300. The van der Waals surface area contributed by atoms with E-state index in [1.807, 2.05) is 25.1 Å². The number of likely N-dealkylation sites (N-methyl/N-ethyl adjacent to an activating group) is 1. The number of fused-ring (bicyclic) bond motifs is 1. The minimum absolute atomic E-state index is 0.0160. The van der Waals surface area contributed by atoms with E-state index >= 15 is 0 Å². The molecule has 3 aliphatic rings. The first kappa shape index (κ1) is 28.6. The summed E-state index contributed by atoms with van der Waals surface area (Å²) in [7, 11) is 1.71. The zero-order valence-corrected chi connectivity index (χ0v) is 25.5. The fourth-order valence-corrected chi connectivity index (χ4v) is 7.20. The summed E-state index contributed by atoms with van der Waals surface area (Å²) in [5.74, 6) is 1.19. The molecule has 2 saturated heterocycles. The van der Waals surface area contributed by atoms with Gasteiger partial charge in [0.1, 0.15) is 5.75 Å². The Kier molecular flexibility index (Phi) is 8.47. The maximum Gasteiger partial charge on any atom is 0.266 e. The maximum atomic E-state index is 13.5. The number of aliphatic imine (C=N–C) groups is 1. The van der Waals surface area contributed by atoms with Crippen LogP contribution in [-0.2, 0) is 9.53 Å². The van der Waals surface area contributed by atoms with Gasteiger partial charge < -0.3 is 19.3 Å². The Morgan fingerprint density at radius 2 is 1.88 bits per heavy atom. The van der Waals surface area contributed by atoms with Crippen molar-refractivity contribution in [1.82, 2.24) is 4.90 Å². The topological polar surface area (TPSA) is 57.6 Å². The van der Waals surface area contributed by atoms with Crippen molar-refractivity contribution < 1.29 is 14.3 Å². The van der Waals surface area contributed by atoms with E-state index < -0.39 is 0 Å². The highest BCUT2D eigenvalue weighted by Gasteiger charge is 2.37. The number of amidine groups is 1. The number of ether oxygens (including phenoxy) is 2. The van der Waals surface area contributed by atoms with Gasteiger partial charge in [0.15, 0.2) is 5.17 Å². The van der Waals surface area contributed by atoms with Gasteiger partial charge in [0.25, 0.3) is 5.91 Å². The molecule has 0 spiro atoms. The first-order valence-electron chi connectivity index (χ1n) is 14.5. The fourth-order valence-electron chi connectivity index (χ4n) is 6.15. The lowest BCUT2D eigenvalue weighted by molar-refractivity contribution is -0.122. The lowest BCUT2D eigenvalue weighted by atomic mass is 9.79. The van der Waals surface area contributed by atoms with Crippen molar-refractivity contribution in [2.24, 2.45) is 4.99 Å². The molecule has 1 atom stereocenters. The number of hydrogen-bond donors (Lipinski definition) is 0. The fraction of sp³-hybridized carbons (Fsp3) is 0.500. The summed E-state index contributed by atoms with van der Waals surface area (Å²) in [6.07, 6.45) is 4.15. The monoisotopic (exact) mass is 562 g/mol. The molecule has 8 heteroatoms. The molecule has 0 aromatic heterocycles. The average molecular weight is 563 g/mol. The number of morpholine rings is 1. The summed E-state index contributed by atoms with van der Waals surface area (Å²) < 4.78 is 11.3. The summed E-state index contributed by atoms with van der Waals surface area (Å²) in [6.45, 7) is 16.0. The molecular formula is C32H42N4O3S. The lowest BCUT2D eigenvalue weighted by Gasteiger charge is -2.47. The second-order valence-corrected chi connectivity index (χ2v) is 12.4. The summed E-state index contributed by atoms with van der Waals surface area (Å²) in [5.41, 5.74) is 5.59. The number of anilines is 2. The molecule has 7 nitrogen and oxygen atoms in total. The number of hydrogen-bond acceptors (Lipinski definition) is 7. The molecule has 214 valence electrons. The Hall–Kier alpha value is -2.97. The third-order valence-electron chi connectivity index (χ3n) is 8.13. The predicted molar refractivity (Wildman–Crippen MR) is 167 cm³/mol. The number of carbonyl (C=O) groups is 1. The van der Waals surface area contributed by atoms with E-state index in [1.165, 1.54) is 28.7 Å². The Morgan fingerprint density at radius 1 is 1.15 bits per heavy atom. The molecule has 5 rings (SSSR count). The highest BCUT2D eigenvalue weighted by Crippen LogP contribution is 2.47. The molecule has 0 radical (unpaired) electrons. The summed E-state index contributed by atoms with van der Waals surface area (Å²) in [5, 5.41) is 0.707. The molecular weight excluding hydrogens is 520 g/mol. The van der Waals surface area contributed by atoms with Crippen LogP contribution in [0.2, 0.25) is 0 Å². The minimum Gasteiger partial charge on any atom is -0.496 e. The van der Waals surface area contributed by atoms with Crippen LogP contribution in [0.3, 0.4) is 0 Å². The van der Waals surface area contributed by atoms with Crippen LogP contribution in [0.5, 0.6) is 5.75 Å². The molecule has 0 bridgehead atoms. The quantitative estimate of drug-likeness (QED) is 0.352. The molecule has 3 heterocycles. The second kappa shape index (κ2) is 11.9. The number of carbonyl (C=O) groups excluding carboxylic acids is 1. The van der Waals surface area contributed by atoms with Gasteiger partial charge >= 0.3 is 0 Å². The van der Waals surface area contributed by atoms with Crippen molar-refractivity contribution in [1.29, 1.82) is 0 Å². The standard InChI is InChI=1S/C32H42N4O3S/c1-7-13-36-27-20-28(38-6)23(18-26(27)22(3)21-32(36,4)5)19-29-30(37)35(8-2)31(40-29)33-24-9-11-25(12-10-24)34-14-16-39-17-15-34/h9-12,18-20,22H,7-8,13-17,21H2,1-6H3/b29-19+,33-31?. The molecule has 40 heavy (non-hydrogen) atoms. The van der Waals surface area contributed by atoms with Crippen LogP contribution in [0.4, 0.5) is 17.1 Å². The molecule has 1 amide bonds. The third-order valence-corrected chi connectivity index (χ3v) is 9.13. The number of nitrogens with zero attached hydrogens (tertiary/aromatic N) is 4. The van der Waals surface area contributed by atoms with E-state index in [0.29, 0.717) is 22.5 Å². The van der Waals surface area contributed by atoms with Crippen molar-refractivity contribution >= 4 is 46.0 Å². The molecule has 0 aliphatic carbocycles. The normalized spacial score (nSPS) is 22.8. The number of benzene rings is 2. The zero-order valence-electron chi connectivity index (χ0n) is 24.7. The van der Waals surface area contributed by atoms with Crippen LogP contribution >= 0.6 is 11.8 Å². The number of amides is 1. The van der Waals surface area contributed by atoms with E-state index in [9.17, 15) is 4.79 Å². The van der Waals surface area contributed by atoms with E-state index in [0.717, 1.165) is 62.7 Å². The Morgan fingerprint density at radius 3 is 2.52 bits per heavy atom.